The largest absolute Gasteiger partial charge is 0.310 e. The van der Waals surface area contributed by atoms with Crippen LogP contribution in [0.25, 0.3) is 66.4 Å². The Bertz CT molecular complexity index is 5950. The van der Waals surface area contributed by atoms with Gasteiger partial charge in [-0.15, -0.1) is 0 Å². The maximum Gasteiger partial charge on any atom is 0.0714 e. The second-order valence-electron chi connectivity index (χ2n) is 13.8. The van der Waals surface area contributed by atoms with Crippen LogP contribution in [0.2, 0.25) is 0 Å². The molecule has 1 aliphatic carbocycles. The zero-order valence-electron chi connectivity index (χ0n) is 77.9. The van der Waals surface area contributed by atoms with Crippen molar-refractivity contribution in [1.29, 1.82) is 0 Å². The molecule has 11 aromatic carbocycles. The molecule has 0 saturated carbocycles. The first-order valence-corrected chi connectivity index (χ1v) is 19.2. The van der Waals surface area contributed by atoms with Crippen LogP contribution in [-0.2, 0) is 5.41 Å². The Hall–Kier alpha value is -8.52. The topological polar surface area (TPSA) is 3.24 Å². The summed E-state index contributed by atoms with van der Waals surface area (Å²) in [5.41, 5.74) is -24.2. The van der Waals surface area contributed by atoms with Gasteiger partial charge in [0.1, 0.15) is 0 Å². The average molecular weight is 885 g/mol. The van der Waals surface area contributed by atoms with Gasteiger partial charge in [0.05, 0.1) is 67.1 Å². The molecule has 0 aliphatic heterocycles. The quantitative estimate of drug-likeness (QED) is 0.140. The number of fused-ring (bicyclic) bond motifs is 4. The molecule has 66 heavy (non-hydrogen) atoms. The molecule has 11 aromatic rings. The zero-order valence-corrected chi connectivity index (χ0v) is 32.9. The SMILES string of the molecule is [2H]c1c([2H])c([2H])c(-c2c([2H])c([2H])c(-c3c(-c4c([2H])c([2H])c(N(c5c([2H])c([2H])c(-c6c([2H])c([2H])c([2H])c([2H])c6[2H])c([2H])c5[2H])c5c([2H])c([2H])c6c(c5[2H])C(c5c([2H])c([2H])c([2H])c([2H])c5[2H])(c5c([2H])c([2H])c([2H])c([2H])c5[2H])c5c([2H])c([2H])c([2H])c([2H])c5-6)c([2H])c4[2H])c([2H])c([2H])c4c([2H])c([2H])c([2H])c([2H])c34)c([2H])c2[2H])c([2H])c1[2H]. The molecule has 310 valence electrons. The van der Waals surface area contributed by atoms with E-state index in [1.807, 2.05) is 0 Å². The molecule has 0 amide bonds. The minimum atomic E-state index is -3.65. The van der Waals surface area contributed by atoms with Crippen LogP contribution in [0.5, 0.6) is 0 Å². The fraction of sp³-hybridized carbons (Fsp3) is 0.0154. The molecule has 1 heteroatoms. The van der Waals surface area contributed by atoms with Gasteiger partial charge in [-0.05, 0) is 125 Å². The second-order valence-corrected chi connectivity index (χ2v) is 13.8. The summed E-state index contributed by atoms with van der Waals surface area (Å²) in [5.74, 6) is 0. The summed E-state index contributed by atoms with van der Waals surface area (Å²) in [6.07, 6.45) is 0. The minimum Gasteiger partial charge on any atom is -0.310 e. The number of anilines is 3. The lowest BCUT2D eigenvalue weighted by atomic mass is 9.67. The van der Waals surface area contributed by atoms with Crippen molar-refractivity contribution in [2.45, 2.75) is 5.41 Å². The van der Waals surface area contributed by atoms with Crippen molar-refractivity contribution >= 4 is 27.8 Å². The number of hydrogen-bond donors (Lipinski definition) is 0. The number of nitrogens with zero attached hydrogens (tertiary/aromatic N) is 1. The van der Waals surface area contributed by atoms with Gasteiger partial charge in [-0.25, -0.2) is 0 Å². The van der Waals surface area contributed by atoms with Gasteiger partial charge in [0.2, 0.25) is 0 Å². The molecule has 0 heterocycles. The molecule has 0 radical (unpaired) electrons. The predicted octanol–water partition coefficient (Wildman–Crippen LogP) is 17.3. The van der Waals surface area contributed by atoms with Crippen LogP contribution in [0.15, 0.2) is 272 Å². The third-order valence-electron chi connectivity index (χ3n) is 10.3. The van der Waals surface area contributed by atoms with Crippen molar-refractivity contribution in [3.05, 3.63) is 294 Å². The van der Waals surface area contributed by atoms with Gasteiger partial charge < -0.3 is 4.90 Å². The number of benzene rings is 11. The smallest absolute Gasteiger partial charge is 0.0714 e. The van der Waals surface area contributed by atoms with Crippen molar-refractivity contribution in [2.75, 3.05) is 4.90 Å². The van der Waals surface area contributed by atoms with E-state index >= 15 is 0 Å². The Kier molecular flexibility index (Phi) is 3.57. The first-order valence-electron chi connectivity index (χ1n) is 41.7. The highest BCUT2D eigenvalue weighted by atomic mass is 15.1. The zero-order chi connectivity index (χ0) is 83.0. The van der Waals surface area contributed by atoms with Crippen LogP contribution in [0.3, 0.4) is 0 Å². The Morgan fingerprint density at radius 3 is 1.32 bits per heavy atom. The summed E-state index contributed by atoms with van der Waals surface area (Å²) in [5, 5.41) is -1.90. The van der Waals surface area contributed by atoms with E-state index in [1.165, 1.54) is 0 Å². The lowest BCUT2D eigenvalue weighted by molar-refractivity contribution is 0.768. The van der Waals surface area contributed by atoms with Crippen LogP contribution in [0.1, 0.15) is 83.9 Å². The first-order chi connectivity index (χ1) is 51.5. The van der Waals surface area contributed by atoms with Gasteiger partial charge in [0, 0.05) is 17.1 Å². The molecular weight excluding hydrogens is 795 g/mol. The molecule has 0 bridgehead atoms. The molecule has 0 fully saturated rings. The summed E-state index contributed by atoms with van der Waals surface area (Å²) in [6, 6.07) is -58.1. The summed E-state index contributed by atoms with van der Waals surface area (Å²) in [6.45, 7) is 0. The van der Waals surface area contributed by atoms with Crippen LogP contribution in [0.4, 0.5) is 17.1 Å². The van der Waals surface area contributed by atoms with E-state index < -0.39 is 383 Å². The molecule has 0 N–H and O–H groups in total. The van der Waals surface area contributed by atoms with E-state index in [-0.39, 0.29) is 4.90 Å². The summed E-state index contributed by atoms with van der Waals surface area (Å²) < 4.78 is 419. The molecule has 1 aliphatic rings. The van der Waals surface area contributed by atoms with Crippen molar-refractivity contribution in [3.8, 4) is 55.6 Å². The Morgan fingerprint density at radius 1 is 0.288 bits per heavy atom. The van der Waals surface area contributed by atoms with Crippen LogP contribution in [0, 0.1) is 0 Å². The standard InChI is InChI=1S/C65H45N/c1-5-17-46(18-6-1)48-29-31-52(32-30-48)64-58-26-14-13-21-50(58)37-43-59(64)51-35-40-56(41-36-51)66(55-38-33-49(34-39-55)47-19-7-2-8-20-47)57-42-44-61-60-27-15-16-28-62(60)65(63(61)45-57,53-22-9-3-10-23-53)54-24-11-4-12-25-54/h1-45H/i1D,2D,3D,4D,5D,6D,7D,8D,9D,10D,11D,12D,13D,14D,15D,16D,17D,18D,19D,20D,21D,22D,23D,24D,25D,26D,27D,28D,29D,30D,31D,32D,33D,34D,35D,36D,37D,38D,39D,40D,41D,42D,43D,44D,45D. The van der Waals surface area contributed by atoms with Crippen molar-refractivity contribution < 1.29 is 61.7 Å². The maximum atomic E-state index is 10.8. The van der Waals surface area contributed by atoms with E-state index in [9.17, 15) is 32.9 Å². The van der Waals surface area contributed by atoms with Crippen LogP contribution in [-0.4, -0.2) is 0 Å². The molecule has 0 saturated heterocycles. The fourth-order valence-electron chi connectivity index (χ4n) is 7.46. The van der Waals surface area contributed by atoms with Gasteiger partial charge in [0.25, 0.3) is 0 Å². The third-order valence-corrected chi connectivity index (χ3v) is 10.3. The molecule has 0 atom stereocenters. The predicted molar refractivity (Wildman–Crippen MR) is 278 cm³/mol. The van der Waals surface area contributed by atoms with E-state index in [2.05, 4.69) is 0 Å². The Labute approximate surface area is 450 Å². The molecule has 0 unspecified atom stereocenters. The highest BCUT2D eigenvalue weighted by molar-refractivity contribution is 6.04. The van der Waals surface area contributed by atoms with E-state index in [1.54, 1.807) is 0 Å². The van der Waals surface area contributed by atoms with Crippen molar-refractivity contribution in [3.63, 3.8) is 0 Å². The van der Waals surface area contributed by atoms with Gasteiger partial charge in [0.15, 0.2) is 0 Å². The lowest BCUT2D eigenvalue weighted by Gasteiger charge is -2.35. The van der Waals surface area contributed by atoms with Crippen molar-refractivity contribution in [1.82, 2.24) is 0 Å². The number of hydrogen-bond acceptors (Lipinski definition) is 1. The molecule has 0 aromatic heterocycles. The summed E-state index contributed by atoms with van der Waals surface area (Å²) >= 11 is 0. The van der Waals surface area contributed by atoms with Crippen LogP contribution < -0.4 is 4.90 Å². The second kappa shape index (κ2) is 16.6. The monoisotopic (exact) mass is 885 g/mol. The van der Waals surface area contributed by atoms with Gasteiger partial charge in [-0.2, -0.15) is 0 Å². The normalized spacial score (nSPS) is 21.9. The highest BCUT2D eigenvalue weighted by Crippen LogP contribution is 2.57. The maximum absolute atomic E-state index is 10.8. The summed E-state index contributed by atoms with van der Waals surface area (Å²) in [7, 11) is 0. The molecule has 1 nitrogen and oxygen atoms in total. The third kappa shape index (κ3) is 6.64. The fourth-order valence-corrected chi connectivity index (χ4v) is 7.46. The molecule has 12 rings (SSSR count). The van der Waals surface area contributed by atoms with Crippen LogP contribution >= 0.6 is 0 Å². The minimum absolute atomic E-state index is 0.0577. The average Bonchev–Trinajstić information content (AvgIpc) is 1.51. The van der Waals surface area contributed by atoms with Gasteiger partial charge >= 0.3 is 0 Å². The van der Waals surface area contributed by atoms with E-state index in [0.29, 0.717) is 0 Å². The first kappa shape index (κ1) is 14.2. The number of rotatable bonds is 9. The Balaban J connectivity index is 1.34. The van der Waals surface area contributed by atoms with Gasteiger partial charge in [-0.3, -0.25) is 0 Å². The Morgan fingerprint density at radius 2 is 0.712 bits per heavy atom. The van der Waals surface area contributed by atoms with E-state index in [0.717, 1.165) is 0 Å². The van der Waals surface area contributed by atoms with Gasteiger partial charge in [-0.1, -0.05) is 236 Å². The molecular formula is C65H45N. The highest BCUT2D eigenvalue weighted by Gasteiger charge is 2.46. The lowest BCUT2D eigenvalue weighted by Crippen LogP contribution is -2.28. The molecule has 0 spiro atoms. The van der Waals surface area contributed by atoms with Crippen molar-refractivity contribution in [2.24, 2.45) is 0 Å². The summed E-state index contributed by atoms with van der Waals surface area (Å²) in [4.78, 5) is 0.0577. The van der Waals surface area contributed by atoms with E-state index in [4.69, 9.17) is 28.8 Å².